The van der Waals surface area contributed by atoms with Crippen molar-refractivity contribution in [1.82, 2.24) is 0 Å². The van der Waals surface area contributed by atoms with Gasteiger partial charge in [-0.25, -0.2) is 4.21 Å². The van der Waals surface area contributed by atoms with Gasteiger partial charge >= 0.3 is 0 Å². The maximum Gasteiger partial charge on any atom is 0.145 e. The zero-order valence-electron chi connectivity index (χ0n) is 12.6. The van der Waals surface area contributed by atoms with Gasteiger partial charge in [0.25, 0.3) is 0 Å². The standard InChI is InChI=1S/C16H19NO2S2/c1-16(2,3)21(18)17-15(13-9-10-20-11-13)12-5-7-14(19-4)8-6-12/h5-11H,1-4H3/b17-15-. The van der Waals surface area contributed by atoms with E-state index >= 15 is 0 Å². The number of methoxy groups -OCH3 is 1. The molecule has 0 amide bonds. The average molecular weight is 321 g/mol. The highest BCUT2D eigenvalue weighted by atomic mass is 32.2. The van der Waals surface area contributed by atoms with Crippen LogP contribution in [-0.4, -0.2) is 21.8 Å². The van der Waals surface area contributed by atoms with Gasteiger partial charge < -0.3 is 4.74 Å². The maximum absolute atomic E-state index is 12.4. The molecule has 0 aliphatic rings. The van der Waals surface area contributed by atoms with E-state index in [4.69, 9.17) is 4.74 Å². The van der Waals surface area contributed by atoms with Crippen molar-refractivity contribution in [1.29, 1.82) is 0 Å². The minimum absolute atomic E-state index is 0.381. The number of nitrogens with zero attached hydrogens (tertiary/aromatic N) is 1. The van der Waals surface area contributed by atoms with Gasteiger partial charge in [-0.3, -0.25) is 0 Å². The van der Waals surface area contributed by atoms with Crippen molar-refractivity contribution < 1.29 is 8.95 Å². The van der Waals surface area contributed by atoms with Crippen LogP contribution in [0, 0.1) is 0 Å². The molecule has 1 unspecified atom stereocenters. The minimum Gasteiger partial charge on any atom is -0.497 e. The highest BCUT2D eigenvalue weighted by molar-refractivity contribution is 7.85. The molecule has 112 valence electrons. The summed E-state index contributed by atoms with van der Waals surface area (Å²) in [5.74, 6) is 0.792. The molecule has 1 aromatic carbocycles. The second-order valence-corrected chi connectivity index (χ2v) is 8.23. The molecule has 2 rings (SSSR count). The molecule has 0 spiro atoms. The summed E-state index contributed by atoms with van der Waals surface area (Å²) in [7, 11) is 0.338. The van der Waals surface area contributed by atoms with Crippen LogP contribution >= 0.6 is 11.3 Å². The van der Waals surface area contributed by atoms with Crippen LogP contribution in [0.5, 0.6) is 5.75 Å². The summed E-state index contributed by atoms with van der Waals surface area (Å²) in [6.07, 6.45) is 0. The van der Waals surface area contributed by atoms with Gasteiger partial charge in [0.1, 0.15) is 16.7 Å². The van der Waals surface area contributed by atoms with Crippen molar-refractivity contribution in [2.45, 2.75) is 25.5 Å². The fourth-order valence-corrected chi connectivity index (χ4v) is 2.93. The molecule has 0 saturated carbocycles. The molecule has 1 aromatic heterocycles. The lowest BCUT2D eigenvalue weighted by molar-refractivity contribution is 0.415. The van der Waals surface area contributed by atoms with E-state index in [9.17, 15) is 4.21 Å². The SMILES string of the molecule is COc1ccc(/C(=N/S(=O)C(C)(C)C)c2ccsc2)cc1. The van der Waals surface area contributed by atoms with Crippen molar-refractivity contribution >= 4 is 28.0 Å². The maximum atomic E-state index is 12.4. The Morgan fingerprint density at radius 1 is 1.14 bits per heavy atom. The van der Waals surface area contributed by atoms with E-state index in [-0.39, 0.29) is 4.75 Å². The molecule has 0 bridgehead atoms. The molecule has 5 heteroatoms. The molecule has 21 heavy (non-hydrogen) atoms. The molecule has 0 N–H and O–H groups in total. The molecule has 0 fully saturated rings. The van der Waals surface area contributed by atoms with Crippen molar-refractivity contribution in [3.05, 3.63) is 52.2 Å². The lowest BCUT2D eigenvalue weighted by atomic mass is 10.1. The van der Waals surface area contributed by atoms with E-state index < -0.39 is 11.0 Å². The lowest BCUT2D eigenvalue weighted by Gasteiger charge is -2.15. The van der Waals surface area contributed by atoms with Crippen LogP contribution < -0.4 is 4.74 Å². The molecular weight excluding hydrogens is 302 g/mol. The second-order valence-electron chi connectivity index (χ2n) is 5.54. The minimum atomic E-state index is -1.30. The van der Waals surface area contributed by atoms with Crippen LogP contribution in [0.2, 0.25) is 0 Å². The Hall–Kier alpha value is -1.46. The van der Waals surface area contributed by atoms with Gasteiger partial charge in [0.05, 0.1) is 17.6 Å². The highest BCUT2D eigenvalue weighted by Crippen LogP contribution is 2.20. The summed E-state index contributed by atoms with van der Waals surface area (Å²) < 4.78 is 21.6. The molecule has 1 heterocycles. The van der Waals surface area contributed by atoms with Crippen molar-refractivity contribution in [3.63, 3.8) is 0 Å². The summed E-state index contributed by atoms with van der Waals surface area (Å²) in [4.78, 5) is 0. The number of hydrogen-bond donors (Lipinski definition) is 0. The molecular formula is C16H19NO2S2. The van der Waals surface area contributed by atoms with E-state index in [0.29, 0.717) is 0 Å². The second kappa shape index (κ2) is 6.54. The Morgan fingerprint density at radius 2 is 1.81 bits per heavy atom. The van der Waals surface area contributed by atoms with E-state index in [1.165, 1.54) is 0 Å². The van der Waals surface area contributed by atoms with Gasteiger partial charge in [-0.15, -0.1) is 0 Å². The number of hydrogen-bond acceptors (Lipinski definition) is 3. The van der Waals surface area contributed by atoms with Crippen LogP contribution in [0.15, 0.2) is 45.5 Å². The Kier molecular flexibility index (Phi) is 4.96. The van der Waals surface area contributed by atoms with Gasteiger partial charge in [0.15, 0.2) is 0 Å². The summed E-state index contributed by atoms with van der Waals surface area (Å²) in [6.45, 7) is 5.77. The van der Waals surface area contributed by atoms with Crippen molar-refractivity contribution in [3.8, 4) is 5.75 Å². The molecule has 0 radical (unpaired) electrons. The predicted molar refractivity (Wildman–Crippen MR) is 90.8 cm³/mol. The van der Waals surface area contributed by atoms with Crippen LogP contribution in [0.1, 0.15) is 31.9 Å². The lowest BCUT2D eigenvalue weighted by Crippen LogP contribution is -2.21. The molecule has 0 aliphatic carbocycles. The first-order valence-corrected chi connectivity index (χ1v) is 8.64. The third kappa shape index (κ3) is 4.02. The summed E-state index contributed by atoms with van der Waals surface area (Å²) in [5, 5.41) is 4.01. The molecule has 2 aromatic rings. The normalized spacial score (nSPS) is 14.0. The molecule has 0 aliphatic heterocycles. The number of ether oxygens (including phenoxy) is 1. The first-order chi connectivity index (χ1) is 9.91. The van der Waals surface area contributed by atoms with E-state index in [1.807, 2.05) is 61.9 Å². The van der Waals surface area contributed by atoms with E-state index in [0.717, 1.165) is 22.6 Å². The van der Waals surface area contributed by atoms with Crippen LogP contribution in [0.3, 0.4) is 0 Å². The molecule has 3 nitrogen and oxygen atoms in total. The summed E-state index contributed by atoms with van der Waals surface area (Å²) in [6, 6.07) is 9.65. The molecule has 0 saturated heterocycles. The van der Waals surface area contributed by atoms with E-state index in [2.05, 4.69) is 4.40 Å². The zero-order chi connectivity index (χ0) is 15.5. The first-order valence-electron chi connectivity index (χ1n) is 6.59. The Balaban J connectivity index is 2.46. The third-order valence-corrected chi connectivity index (χ3v) is 4.94. The van der Waals surface area contributed by atoms with Crippen LogP contribution in [0.4, 0.5) is 0 Å². The fourth-order valence-electron chi connectivity index (χ4n) is 1.64. The Morgan fingerprint density at radius 3 is 2.29 bits per heavy atom. The average Bonchev–Trinajstić information content (AvgIpc) is 2.97. The number of thiophene rings is 1. The van der Waals surface area contributed by atoms with Crippen LogP contribution in [-0.2, 0) is 11.0 Å². The highest BCUT2D eigenvalue weighted by Gasteiger charge is 2.21. The first kappa shape index (κ1) is 15.9. The van der Waals surface area contributed by atoms with E-state index in [1.54, 1.807) is 18.4 Å². The quantitative estimate of drug-likeness (QED) is 0.797. The summed E-state index contributed by atoms with van der Waals surface area (Å²) >= 11 is 1.60. The third-order valence-electron chi connectivity index (χ3n) is 2.86. The number of benzene rings is 1. The van der Waals surface area contributed by atoms with Gasteiger partial charge in [0.2, 0.25) is 0 Å². The smallest absolute Gasteiger partial charge is 0.145 e. The number of rotatable bonds is 4. The Bertz CT molecular complexity index is 638. The Labute approximate surface area is 132 Å². The van der Waals surface area contributed by atoms with Crippen molar-refractivity contribution in [2.75, 3.05) is 7.11 Å². The van der Waals surface area contributed by atoms with Gasteiger partial charge in [-0.2, -0.15) is 15.7 Å². The molecule has 1 atom stereocenters. The van der Waals surface area contributed by atoms with Gasteiger partial charge in [-0.1, -0.05) is 0 Å². The predicted octanol–water partition coefficient (Wildman–Crippen LogP) is 4.06. The zero-order valence-corrected chi connectivity index (χ0v) is 14.3. The largest absolute Gasteiger partial charge is 0.497 e. The fraction of sp³-hybridized carbons (Fsp3) is 0.312. The summed E-state index contributed by atoms with van der Waals surface area (Å²) in [5.41, 5.74) is 2.68. The topological polar surface area (TPSA) is 38.7 Å². The van der Waals surface area contributed by atoms with Crippen LogP contribution in [0.25, 0.3) is 0 Å². The van der Waals surface area contributed by atoms with Crippen molar-refractivity contribution in [2.24, 2.45) is 4.40 Å². The monoisotopic (exact) mass is 321 g/mol. The van der Waals surface area contributed by atoms with Gasteiger partial charge in [0, 0.05) is 16.5 Å². The van der Waals surface area contributed by atoms with Gasteiger partial charge in [-0.05, 0) is 56.5 Å².